The zero-order valence-corrected chi connectivity index (χ0v) is 8.41. The Hall–Kier alpha value is -0.0800. The molecule has 3 fully saturated rings. The van der Waals surface area contributed by atoms with Crippen molar-refractivity contribution in [3.05, 3.63) is 0 Å². The van der Waals surface area contributed by atoms with Gasteiger partial charge in [0.25, 0.3) is 0 Å². The molecule has 13 heavy (non-hydrogen) atoms. The second-order valence-corrected chi connectivity index (χ2v) is 4.97. The van der Waals surface area contributed by atoms with Gasteiger partial charge in [0, 0.05) is 25.7 Å². The first-order valence-corrected chi connectivity index (χ1v) is 5.95. The summed E-state index contributed by atoms with van der Waals surface area (Å²) < 4.78 is 0. The van der Waals surface area contributed by atoms with E-state index < -0.39 is 0 Å². The molecule has 3 aliphatic heterocycles. The van der Waals surface area contributed by atoms with Gasteiger partial charge in [0.05, 0.1) is 0 Å². The predicted molar refractivity (Wildman–Crippen MR) is 53.3 cm³/mol. The van der Waals surface area contributed by atoms with Crippen LogP contribution in [0.2, 0.25) is 0 Å². The first-order valence-electron chi connectivity index (χ1n) is 5.95. The maximum absolute atomic E-state index is 2.69. The first-order chi connectivity index (χ1) is 6.43. The molecule has 3 aliphatic rings. The maximum Gasteiger partial charge on any atom is 0.0249 e. The largest absolute Gasteiger partial charge is 0.241 e. The van der Waals surface area contributed by atoms with E-state index in [0.29, 0.717) is 0 Å². The van der Waals surface area contributed by atoms with Crippen LogP contribution in [-0.2, 0) is 0 Å². The molecule has 0 amide bonds. The molecule has 74 valence electrons. The summed E-state index contributed by atoms with van der Waals surface area (Å²) in [7, 11) is 0. The Morgan fingerprint density at radius 2 is 1.92 bits per heavy atom. The predicted octanol–water partition coefficient (Wildman–Crippen LogP) is 1.87. The van der Waals surface area contributed by atoms with E-state index in [9.17, 15) is 0 Å². The van der Waals surface area contributed by atoms with Gasteiger partial charge in [-0.05, 0) is 38.0 Å². The smallest absolute Gasteiger partial charge is 0.0249 e. The molecular weight excluding hydrogens is 160 g/mol. The Morgan fingerprint density at radius 1 is 0.923 bits per heavy atom. The molecule has 0 aromatic rings. The van der Waals surface area contributed by atoms with Crippen LogP contribution in [-0.4, -0.2) is 35.7 Å². The molecule has 0 N–H and O–H groups in total. The van der Waals surface area contributed by atoms with E-state index >= 15 is 0 Å². The summed E-state index contributed by atoms with van der Waals surface area (Å²) in [5.74, 6) is 1.04. The molecular formula is C11H20N2. The molecule has 3 saturated heterocycles. The minimum absolute atomic E-state index is 0.924. The molecule has 2 nitrogen and oxygen atoms in total. The zero-order chi connectivity index (χ0) is 8.67. The summed E-state index contributed by atoms with van der Waals surface area (Å²) in [6.45, 7) is 4.06. The van der Waals surface area contributed by atoms with E-state index in [0.717, 1.165) is 12.0 Å². The Balaban J connectivity index is 1.77. The highest BCUT2D eigenvalue weighted by Gasteiger charge is 2.37. The van der Waals surface area contributed by atoms with Crippen LogP contribution >= 0.6 is 0 Å². The number of hydrogen-bond acceptors (Lipinski definition) is 2. The van der Waals surface area contributed by atoms with Crippen molar-refractivity contribution in [3.8, 4) is 0 Å². The lowest BCUT2D eigenvalue weighted by molar-refractivity contribution is -0.140. The Morgan fingerprint density at radius 3 is 2.92 bits per heavy atom. The van der Waals surface area contributed by atoms with E-state index in [-0.39, 0.29) is 0 Å². The van der Waals surface area contributed by atoms with Crippen molar-refractivity contribution in [3.63, 3.8) is 0 Å². The van der Waals surface area contributed by atoms with Gasteiger partial charge in [0.1, 0.15) is 0 Å². The van der Waals surface area contributed by atoms with Crippen molar-refractivity contribution in [2.75, 3.05) is 19.6 Å². The van der Waals surface area contributed by atoms with Crippen LogP contribution in [0, 0.1) is 5.92 Å². The lowest BCUT2D eigenvalue weighted by Gasteiger charge is -2.52. The van der Waals surface area contributed by atoms with E-state index in [2.05, 4.69) is 10.0 Å². The van der Waals surface area contributed by atoms with Gasteiger partial charge in [-0.3, -0.25) is 0 Å². The summed E-state index contributed by atoms with van der Waals surface area (Å²) in [6.07, 6.45) is 8.80. The molecule has 0 aliphatic carbocycles. The van der Waals surface area contributed by atoms with Gasteiger partial charge in [0.2, 0.25) is 0 Å². The van der Waals surface area contributed by atoms with Gasteiger partial charge in [-0.15, -0.1) is 0 Å². The number of piperidine rings is 2. The zero-order valence-electron chi connectivity index (χ0n) is 8.41. The minimum Gasteiger partial charge on any atom is -0.241 e. The molecule has 0 aromatic carbocycles. The molecule has 2 bridgehead atoms. The van der Waals surface area contributed by atoms with E-state index in [4.69, 9.17) is 0 Å². The molecule has 3 unspecified atom stereocenters. The van der Waals surface area contributed by atoms with E-state index in [1.54, 1.807) is 0 Å². The summed E-state index contributed by atoms with van der Waals surface area (Å²) in [5.41, 5.74) is 0. The monoisotopic (exact) mass is 180 g/mol. The van der Waals surface area contributed by atoms with Gasteiger partial charge in [-0.25, -0.2) is 10.0 Å². The number of rotatable bonds is 0. The van der Waals surface area contributed by atoms with Crippen molar-refractivity contribution >= 4 is 0 Å². The third kappa shape index (κ3) is 1.40. The molecule has 3 heterocycles. The Kier molecular flexibility index (Phi) is 2.06. The standard InChI is InChI=1S/C11H20N2/c1-2-7-13-11(5-1)8-10-4-3-6-12(13)9-10/h10-11H,1-9H2. The van der Waals surface area contributed by atoms with Crippen LogP contribution < -0.4 is 0 Å². The van der Waals surface area contributed by atoms with Crippen molar-refractivity contribution in [1.29, 1.82) is 0 Å². The third-order valence-corrected chi connectivity index (χ3v) is 4.06. The van der Waals surface area contributed by atoms with Crippen LogP contribution in [0.25, 0.3) is 0 Å². The van der Waals surface area contributed by atoms with Crippen molar-refractivity contribution < 1.29 is 0 Å². The van der Waals surface area contributed by atoms with E-state index in [1.165, 1.54) is 58.2 Å². The Labute approximate surface area is 80.9 Å². The fraction of sp³-hybridized carbons (Fsp3) is 1.00. The van der Waals surface area contributed by atoms with Crippen LogP contribution in [0.4, 0.5) is 0 Å². The fourth-order valence-corrected chi connectivity index (χ4v) is 3.45. The molecule has 0 saturated carbocycles. The number of hydrogen-bond donors (Lipinski definition) is 0. The molecule has 0 radical (unpaired) electrons. The fourth-order valence-electron chi connectivity index (χ4n) is 3.45. The average molecular weight is 180 g/mol. The highest BCUT2D eigenvalue weighted by Crippen LogP contribution is 2.34. The summed E-state index contributed by atoms with van der Waals surface area (Å²) >= 11 is 0. The van der Waals surface area contributed by atoms with Gasteiger partial charge in [-0.1, -0.05) is 6.42 Å². The van der Waals surface area contributed by atoms with Gasteiger partial charge in [0.15, 0.2) is 0 Å². The summed E-state index contributed by atoms with van der Waals surface area (Å²) in [5, 5.41) is 5.35. The number of fused-ring (bicyclic) bond motifs is 4. The van der Waals surface area contributed by atoms with Crippen molar-refractivity contribution in [1.82, 2.24) is 10.0 Å². The second kappa shape index (κ2) is 3.25. The van der Waals surface area contributed by atoms with Gasteiger partial charge >= 0.3 is 0 Å². The summed E-state index contributed by atoms with van der Waals surface area (Å²) in [6, 6.07) is 0.924. The lowest BCUT2D eigenvalue weighted by Crippen LogP contribution is -2.59. The third-order valence-electron chi connectivity index (χ3n) is 4.06. The van der Waals surface area contributed by atoms with Crippen molar-refractivity contribution in [2.45, 2.75) is 44.6 Å². The lowest BCUT2D eigenvalue weighted by atomic mass is 9.85. The quantitative estimate of drug-likeness (QED) is 0.561. The average Bonchev–Trinajstić information content (AvgIpc) is 2.18. The minimum atomic E-state index is 0.924. The van der Waals surface area contributed by atoms with Gasteiger partial charge < -0.3 is 0 Å². The molecule has 0 aromatic heterocycles. The second-order valence-electron chi connectivity index (χ2n) is 4.97. The summed E-state index contributed by atoms with van der Waals surface area (Å²) in [4.78, 5) is 0. The molecule has 3 rings (SSSR count). The molecule has 0 spiro atoms. The molecule has 3 atom stereocenters. The van der Waals surface area contributed by atoms with Gasteiger partial charge in [-0.2, -0.15) is 0 Å². The van der Waals surface area contributed by atoms with E-state index in [1.807, 2.05) is 0 Å². The Bertz CT molecular complexity index is 189. The van der Waals surface area contributed by atoms with Crippen LogP contribution in [0.15, 0.2) is 0 Å². The highest BCUT2D eigenvalue weighted by atomic mass is 15.6. The SMILES string of the molecule is C1CCN2C(C1)CC1CCCN2C1. The topological polar surface area (TPSA) is 6.48 Å². The van der Waals surface area contributed by atoms with Crippen LogP contribution in [0.3, 0.4) is 0 Å². The van der Waals surface area contributed by atoms with Crippen LogP contribution in [0.1, 0.15) is 38.5 Å². The maximum atomic E-state index is 2.69. The molecule has 2 heteroatoms. The number of hydrazine groups is 1. The highest BCUT2D eigenvalue weighted by molar-refractivity contribution is 4.87. The first kappa shape index (κ1) is 8.25. The van der Waals surface area contributed by atoms with Crippen molar-refractivity contribution in [2.24, 2.45) is 5.92 Å². The van der Waals surface area contributed by atoms with Crippen LogP contribution in [0.5, 0.6) is 0 Å². The number of nitrogens with zero attached hydrogens (tertiary/aromatic N) is 2. The normalized spacial score (nSPS) is 45.7.